The quantitative estimate of drug-likeness (QED) is 0.787. The largest absolute Gasteiger partial charge is 0.334 e. The van der Waals surface area contributed by atoms with Crippen LogP contribution in [0.5, 0.6) is 0 Å². The zero-order chi connectivity index (χ0) is 18.9. The lowest BCUT2D eigenvalue weighted by Gasteiger charge is -2.20. The van der Waals surface area contributed by atoms with E-state index in [9.17, 15) is 13.2 Å². The van der Waals surface area contributed by atoms with Gasteiger partial charge in [-0.15, -0.1) is 10.2 Å². The molecule has 1 amide bonds. The first-order valence-corrected chi connectivity index (χ1v) is 9.11. The predicted octanol–water partition coefficient (Wildman–Crippen LogP) is 0.954. The Bertz CT molecular complexity index is 902. The van der Waals surface area contributed by atoms with E-state index >= 15 is 0 Å². The number of carbonyl (C=O) groups is 1. The first kappa shape index (κ1) is 19.1. The number of aromatic nitrogens is 3. The standard InChI is InChI=1S/C16H23N5O3S/c1-11-7-13(8-14(12(11)2)25(23,24)19(3)4)16(22)20(5)9-15-18-17-10-21(15)6/h7-8,10H,9H2,1-6H3. The highest BCUT2D eigenvalue weighted by Gasteiger charge is 2.24. The summed E-state index contributed by atoms with van der Waals surface area (Å²) < 4.78 is 27.9. The average Bonchev–Trinajstić information content (AvgIpc) is 2.93. The van der Waals surface area contributed by atoms with Gasteiger partial charge in [0.1, 0.15) is 6.33 Å². The van der Waals surface area contributed by atoms with E-state index in [1.165, 1.54) is 25.1 Å². The van der Waals surface area contributed by atoms with Gasteiger partial charge >= 0.3 is 0 Å². The summed E-state index contributed by atoms with van der Waals surface area (Å²) in [5.74, 6) is 0.363. The Balaban J connectivity index is 2.41. The molecule has 2 rings (SSSR count). The van der Waals surface area contributed by atoms with Crippen LogP contribution >= 0.6 is 0 Å². The van der Waals surface area contributed by atoms with Crippen LogP contribution in [0.25, 0.3) is 0 Å². The van der Waals surface area contributed by atoms with Crippen molar-refractivity contribution in [2.45, 2.75) is 25.3 Å². The molecule has 136 valence electrons. The van der Waals surface area contributed by atoms with Crippen LogP contribution in [-0.2, 0) is 23.6 Å². The lowest BCUT2D eigenvalue weighted by Crippen LogP contribution is -2.28. The topological polar surface area (TPSA) is 88.4 Å². The minimum Gasteiger partial charge on any atom is -0.334 e. The van der Waals surface area contributed by atoms with Crippen molar-refractivity contribution < 1.29 is 13.2 Å². The summed E-state index contributed by atoms with van der Waals surface area (Å²) in [6.07, 6.45) is 1.56. The maximum absolute atomic E-state index is 12.8. The van der Waals surface area contributed by atoms with Gasteiger partial charge in [0.2, 0.25) is 10.0 Å². The van der Waals surface area contributed by atoms with Crippen molar-refractivity contribution in [1.29, 1.82) is 0 Å². The first-order valence-electron chi connectivity index (χ1n) is 7.67. The zero-order valence-corrected chi connectivity index (χ0v) is 16.1. The van der Waals surface area contributed by atoms with Crippen LogP contribution in [0.4, 0.5) is 0 Å². The third-order valence-electron chi connectivity index (χ3n) is 4.16. The molecule has 25 heavy (non-hydrogen) atoms. The Hall–Kier alpha value is -2.26. The van der Waals surface area contributed by atoms with Crippen LogP contribution < -0.4 is 0 Å². The lowest BCUT2D eigenvalue weighted by molar-refractivity contribution is 0.0780. The Morgan fingerprint density at radius 1 is 1.20 bits per heavy atom. The number of benzene rings is 1. The van der Waals surface area contributed by atoms with Gasteiger partial charge in [0.15, 0.2) is 5.82 Å². The van der Waals surface area contributed by atoms with Gasteiger partial charge < -0.3 is 9.47 Å². The van der Waals surface area contributed by atoms with E-state index in [2.05, 4.69) is 10.2 Å². The molecule has 0 aliphatic carbocycles. The number of nitrogens with zero attached hydrogens (tertiary/aromatic N) is 5. The van der Waals surface area contributed by atoms with Crippen molar-refractivity contribution in [3.05, 3.63) is 41.0 Å². The molecular weight excluding hydrogens is 342 g/mol. The molecule has 0 radical (unpaired) electrons. The normalized spacial score (nSPS) is 11.8. The fraction of sp³-hybridized carbons (Fsp3) is 0.438. The van der Waals surface area contributed by atoms with Gasteiger partial charge in [-0.2, -0.15) is 0 Å². The van der Waals surface area contributed by atoms with E-state index in [0.717, 1.165) is 9.87 Å². The fourth-order valence-electron chi connectivity index (χ4n) is 2.37. The second-order valence-corrected chi connectivity index (χ2v) is 8.34. The molecule has 2 aromatic rings. The Kier molecular flexibility index (Phi) is 5.28. The second kappa shape index (κ2) is 6.93. The van der Waals surface area contributed by atoms with E-state index in [0.29, 0.717) is 17.0 Å². The number of carbonyl (C=O) groups excluding carboxylic acids is 1. The minimum absolute atomic E-state index is 0.146. The Morgan fingerprint density at radius 2 is 1.84 bits per heavy atom. The molecule has 1 heterocycles. The monoisotopic (exact) mass is 365 g/mol. The van der Waals surface area contributed by atoms with Crippen LogP contribution in [0.3, 0.4) is 0 Å². The van der Waals surface area contributed by atoms with Gasteiger partial charge in [-0.3, -0.25) is 4.79 Å². The molecule has 0 aliphatic rings. The van der Waals surface area contributed by atoms with Gasteiger partial charge in [-0.1, -0.05) is 0 Å². The van der Waals surface area contributed by atoms with Crippen molar-refractivity contribution in [3.63, 3.8) is 0 Å². The molecule has 0 atom stereocenters. The number of amides is 1. The van der Waals surface area contributed by atoms with Crippen LogP contribution in [0.2, 0.25) is 0 Å². The van der Waals surface area contributed by atoms with Crippen molar-refractivity contribution in [3.8, 4) is 0 Å². The maximum Gasteiger partial charge on any atom is 0.254 e. The number of hydrogen-bond donors (Lipinski definition) is 0. The molecular formula is C16H23N5O3S. The number of rotatable bonds is 5. The molecule has 0 aliphatic heterocycles. The Labute approximate surface area is 148 Å². The summed E-state index contributed by atoms with van der Waals surface area (Å²) >= 11 is 0. The van der Waals surface area contributed by atoms with Gasteiger partial charge in [0, 0.05) is 33.8 Å². The molecule has 0 bridgehead atoms. The number of aryl methyl sites for hydroxylation is 2. The number of sulfonamides is 1. The summed E-state index contributed by atoms with van der Waals surface area (Å²) in [5.41, 5.74) is 1.72. The van der Waals surface area contributed by atoms with Gasteiger partial charge in [-0.25, -0.2) is 12.7 Å². The summed E-state index contributed by atoms with van der Waals surface area (Å²) in [6, 6.07) is 3.15. The summed E-state index contributed by atoms with van der Waals surface area (Å²) in [6.45, 7) is 3.81. The highest BCUT2D eigenvalue weighted by Crippen LogP contribution is 2.24. The minimum atomic E-state index is -3.63. The van der Waals surface area contributed by atoms with Gasteiger partial charge in [0.25, 0.3) is 5.91 Å². The van der Waals surface area contributed by atoms with E-state index in [4.69, 9.17) is 0 Å². The van der Waals surface area contributed by atoms with Crippen LogP contribution in [0, 0.1) is 13.8 Å². The number of hydrogen-bond acceptors (Lipinski definition) is 5. The highest BCUT2D eigenvalue weighted by atomic mass is 32.2. The molecule has 0 saturated carbocycles. The highest BCUT2D eigenvalue weighted by molar-refractivity contribution is 7.89. The van der Waals surface area contributed by atoms with Crippen LogP contribution in [0.1, 0.15) is 27.3 Å². The molecule has 0 unspecified atom stereocenters. The summed E-state index contributed by atoms with van der Waals surface area (Å²) in [7, 11) is 2.75. The average molecular weight is 365 g/mol. The van der Waals surface area contributed by atoms with Crippen molar-refractivity contribution in [1.82, 2.24) is 24.0 Å². The van der Waals surface area contributed by atoms with Crippen molar-refractivity contribution in [2.24, 2.45) is 7.05 Å². The fourth-order valence-corrected chi connectivity index (χ4v) is 3.59. The molecule has 0 fully saturated rings. The maximum atomic E-state index is 12.8. The molecule has 1 aromatic heterocycles. The lowest BCUT2D eigenvalue weighted by atomic mass is 10.1. The zero-order valence-electron chi connectivity index (χ0n) is 15.3. The summed E-state index contributed by atoms with van der Waals surface area (Å²) in [5, 5.41) is 7.75. The van der Waals surface area contributed by atoms with E-state index in [1.807, 2.05) is 0 Å². The summed E-state index contributed by atoms with van der Waals surface area (Å²) in [4.78, 5) is 14.4. The van der Waals surface area contributed by atoms with E-state index in [-0.39, 0.29) is 17.3 Å². The molecule has 8 nitrogen and oxygen atoms in total. The third-order valence-corrected chi connectivity index (χ3v) is 6.10. The second-order valence-electron chi connectivity index (χ2n) is 6.22. The molecule has 1 aromatic carbocycles. The molecule has 9 heteroatoms. The van der Waals surface area contributed by atoms with Gasteiger partial charge in [-0.05, 0) is 37.1 Å². The van der Waals surface area contributed by atoms with E-state index in [1.54, 1.807) is 44.9 Å². The van der Waals surface area contributed by atoms with Crippen molar-refractivity contribution in [2.75, 3.05) is 21.1 Å². The van der Waals surface area contributed by atoms with Gasteiger partial charge in [0.05, 0.1) is 11.4 Å². The van der Waals surface area contributed by atoms with Crippen LogP contribution in [0.15, 0.2) is 23.4 Å². The predicted molar refractivity (Wildman–Crippen MR) is 93.6 cm³/mol. The van der Waals surface area contributed by atoms with Crippen molar-refractivity contribution >= 4 is 15.9 Å². The SMILES string of the molecule is Cc1cc(C(=O)N(C)Cc2nncn2C)cc(S(=O)(=O)N(C)C)c1C. The smallest absolute Gasteiger partial charge is 0.254 e. The van der Waals surface area contributed by atoms with E-state index < -0.39 is 10.0 Å². The Morgan fingerprint density at radius 3 is 2.36 bits per heavy atom. The molecule has 0 N–H and O–H groups in total. The molecule has 0 spiro atoms. The molecule has 0 saturated heterocycles. The van der Waals surface area contributed by atoms with Crippen LogP contribution in [-0.4, -0.2) is 59.4 Å². The first-order chi connectivity index (χ1) is 11.6. The third kappa shape index (κ3) is 3.72.